The van der Waals surface area contributed by atoms with Crippen LogP contribution in [-0.2, 0) is 12.8 Å². The first-order valence-electron chi connectivity index (χ1n) is 8.95. The monoisotopic (exact) mass is 334 g/mol. The molecule has 4 rings (SSSR count). The summed E-state index contributed by atoms with van der Waals surface area (Å²) >= 11 is 2.11. The van der Waals surface area contributed by atoms with Crippen LogP contribution in [-0.4, -0.2) is 50.8 Å². The molecule has 3 aliphatic rings. The van der Waals surface area contributed by atoms with Crippen LogP contribution in [0.1, 0.15) is 49.8 Å². The summed E-state index contributed by atoms with van der Waals surface area (Å²) < 4.78 is 0.345. The third-order valence-corrected chi connectivity index (χ3v) is 7.18. The minimum atomic E-state index is 0.146. The largest absolute Gasteiger partial charge is 0.335 e. The van der Waals surface area contributed by atoms with Crippen molar-refractivity contribution in [2.24, 2.45) is 0 Å². The molecule has 2 amide bonds. The molecule has 2 heterocycles. The van der Waals surface area contributed by atoms with Gasteiger partial charge in [-0.1, -0.05) is 19.3 Å². The summed E-state index contributed by atoms with van der Waals surface area (Å²) in [5, 5.41) is 10.4. The van der Waals surface area contributed by atoms with Gasteiger partial charge in [0.2, 0.25) is 0 Å². The van der Waals surface area contributed by atoms with E-state index in [0.717, 1.165) is 38.1 Å². The third-order valence-electron chi connectivity index (χ3n) is 5.64. The Bertz CT molecular complexity index is 561. The molecule has 1 atom stereocenters. The van der Waals surface area contributed by atoms with Gasteiger partial charge >= 0.3 is 6.03 Å². The topological polar surface area (TPSA) is 61.0 Å². The van der Waals surface area contributed by atoms with Gasteiger partial charge in [-0.05, 0) is 37.7 Å². The average Bonchev–Trinajstić information content (AvgIpc) is 3.03. The Morgan fingerprint density at radius 3 is 3.13 bits per heavy atom. The first kappa shape index (κ1) is 15.4. The number of aromatic nitrogens is 2. The summed E-state index contributed by atoms with van der Waals surface area (Å²) in [6, 6.07) is 0.400. The zero-order valence-electron chi connectivity index (χ0n) is 13.6. The smallest absolute Gasteiger partial charge is 0.317 e. The van der Waals surface area contributed by atoms with Gasteiger partial charge in [0, 0.05) is 35.3 Å². The second-order valence-electron chi connectivity index (χ2n) is 7.28. The number of hydrogen-bond donors (Lipinski definition) is 2. The minimum Gasteiger partial charge on any atom is -0.335 e. The first-order valence-corrected chi connectivity index (χ1v) is 9.93. The third kappa shape index (κ3) is 3.23. The summed E-state index contributed by atoms with van der Waals surface area (Å²) in [6.45, 7) is 1.83. The summed E-state index contributed by atoms with van der Waals surface area (Å²) in [7, 11) is 0. The van der Waals surface area contributed by atoms with Crippen LogP contribution in [0.15, 0.2) is 6.20 Å². The van der Waals surface area contributed by atoms with Crippen molar-refractivity contribution in [3.8, 4) is 0 Å². The van der Waals surface area contributed by atoms with Gasteiger partial charge in [0.1, 0.15) is 0 Å². The highest BCUT2D eigenvalue weighted by molar-refractivity contribution is 8.00. The van der Waals surface area contributed by atoms with Gasteiger partial charge in [0.15, 0.2) is 0 Å². The minimum absolute atomic E-state index is 0.146. The Labute approximate surface area is 142 Å². The standard InChI is InChI=1S/C17H26N4OS/c22-16(19-14-4-5-15-13(10-14)11-18-20-15)21-8-9-23-17(12-21)6-2-1-3-7-17/h11,14H,1-10,12H2,(H,18,20)(H,19,22)/t14-/m1/s1. The van der Waals surface area contributed by atoms with Gasteiger partial charge in [-0.3, -0.25) is 5.10 Å². The van der Waals surface area contributed by atoms with E-state index in [1.807, 2.05) is 6.20 Å². The molecular formula is C17H26N4OS. The van der Waals surface area contributed by atoms with E-state index in [4.69, 9.17) is 0 Å². The molecule has 1 saturated carbocycles. The van der Waals surface area contributed by atoms with Gasteiger partial charge < -0.3 is 10.2 Å². The van der Waals surface area contributed by atoms with Crippen LogP contribution in [0.4, 0.5) is 4.79 Å². The van der Waals surface area contributed by atoms with Gasteiger partial charge in [0.05, 0.1) is 6.20 Å². The van der Waals surface area contributed by atoms with E-state index in [0.29, 0.717) is 4.75 Å². The Kier molecular flexibility index (Phi) is 4.26. The highest BCUT2D eigenvalue weighted by Gasteiger charge is 2.39. The molecule has 0 radical (unpaired) electrons. The number of hydrogen-bond acceptors (Lipinski definition) is 3. The molecule has 1 spiro atoms. The Morgan fingerprint density at radius 1 is 1.39 bits per heavy atom. The fourth-order valence-electron chi connectivity index (χ4n) is 4.32. The maximum atomic E-state index is 12.7. The molecule has 1 aliphatic heterocycles. The summed E-state index contributed by atoms with van der Waals surface area (Å²) in [5.41, 5.74) is 2.51. The number of aromatic amines is 1. The molecule has 23 heavy (non-hydrogen) atoms. The van der Waals surface area contributed by atoms with Crippen LogP contribution in [0.25, 0.3) is 0 Å². The lowest BCUT2D eigenvalue weighted by Gasteiger charge is -2.45. The van der Waals surface area contributed by atoms with Gasteiger partial charge in [0.25, 0.3) is 0 Å². The molecule has 2 aliphatic carbocycles. The van der Waals surface area contributed by atoms with Crippen molar-refractivity contribution in [2.75, 3.05) is 18.8 Å². The van der Waals surface area contributed by atoms with Crippen LogP contribution in [0.5, 0.6) is 0 Å². The van der Waals surface area contributed by atoms with Crippen LogP contribution >= 0.6 is 11.8 Å². The molecule has 0 bridgehead atoms. The van der Waals surface area contributed by atoms with Crippen LogP contribution in [0, 0.1) is 0 Å². The van der Waals surface area contributed by atoms with Crippen molar-refractivity contribution in [1.29, 1.82) is 0 Å². The summed E-state index contributed by atoms with van der Waals surface area (Å²) in [4.78, 5) is 14.8. The number of rotatable bonds is 1. The number of carbonyl (C=O) groups is 1. The van der Waals surface area contributed by atoms with Crippen molar-refractivity contribution in [3.63, 3.8) is 0 Å². The van der Waals surface area contributed by atoms with Crippen LogP contribution < -0.4 is 5.32 Å². The van der Waals surface area contributed by atoms with E-state index in [9.17, 15) is 4.79 Å². The number of H-pyrrole nitrogens is 1. The van der Waals surface area contributed by atoms with E-state index in [2.05, 4.69) is 32.2 Å². The lowest BCUT2D eigenvalue weighted by molar-refractivity contribution is 0.180. The zero-order chi connectivity index (χ0) is 15.7. The van der Waals surface area contributed by atoms with E-state index < -0.39 is 0 Å². The quantitative estimate of drug-likeness (QED) is 0.830. The maximum Gasteiger partial charge on any atom is 0.317 e. The Hall–Kier alpha value is -1.17. The average molecular weight is 334 g/mol. The number of fused-ring (bicyclic) bond motifs is 1. The number of nitrogens with zero attached hydrogens (tertiary/aromatic N) is 2. The fraction of sp³-hybridized carbons (Fsp3) is 0.765. The summed E-state index contributed by atoms with van der Waals surface area (Å²) in [6.07, 6.45) is 11.4. The fourth-order valence-corrected chi connectivity index (χ4v) is 5.89. The first-order chi connectivity index (χ1) is 11.2. The number of nitrogens with one attached hydrogen (secondary N) is 2. The van der Waals surface area contributed by atoms with E-state index in [1.165, 1.54) is 43.4 Å². The number of urea groups is 1. The van der Waals surface area contributed by atoms with Crippen molar-refractivity contribution < 1.29 is 4.79 Å². The molecule has 5 nitrogen and oxygen atoms in total. The normalized spacial score (nSPS) is 26.8. The van der Waals surface area contributed by atoms with Gasteiger partial charge in [-0.25, -0.2) is 4.79 Å². The zero-order valence-corrected chi connectivity index (χ0v) is 14.5. The van der Waals surface area contributed by atoms with E-state index in [1.54, 1.807) is 0 Å². The predicted octanol–water partition coefficient (Wildman–Crippen LogP) is 2.73. The molecule has 1 aromatic rings. The second kappa shape index (κ2) is 6.38. The molecule has 6 heteroatoms. The van der Waals surface area contributed by atoms with Crippen molar-refractivity contribution in [3.05, 3.63) is 17.5 Å². The van der Waals surface area contributed by atoms with Gasteiger partial charge in [-0.2, -0.15) is 16.9 Å². The van der Waals surface area contributed by atoms with Crippen molar-refractivity contribution in [2.45, 2.75) is 62.2 Å². The number of carbonyl (C=O) groups excluding carboxylic acids is 1. The second-order valence-corrected chi connectivity index (χ2v) is 8.84. The van der Waals surface area contributed by atoms with Gasteiger partial charge in [-0.15, -0.1) is 0 Å². The molecule has 0 unspecified atom stereocenters. The van der Waals surface area contributed by atoms with Crippen molar-refractivity contribution in [1.82, 2.24) is 20.4 Å². The molecule has 2 fully saturated rings. The molecule has 2 N–H and O–H groups in total. The molecule has 0 aromatic carbocycles. The summed E-state index contributed by atoms with van der Waals surface area (Å²) in [5.74, 6) is 1.09. The van der Waals surface area contributed by atoms with E-state index >= 15 is 0 Å². The van der Waals surface area contributed by atoms with Crippen molar-refractivity contribution >= 4 is 17.8 Å². The number of aryl methyl sites for hydroxylation is 1. The lowest BCUT2D eigenvalue weighted by atomic mass is 9.87. The van der Waals surface area contributed by atoms with Crippen LogP contribution in [0.2, 0.25) is 0 Å². The highest BCUT2D eigenvalue weighted by atomic mass is 32.2. The molecule has 1 aromatic heterocycles. The molecule has 1 saturated heterocycles. The number of thioether (sulfide) groups is 1. The van der Waals surface area contributed by atoms with Crippen LogP contribution in [0.3, 0.4) is 0 Å². The number of amides is 2. The SMILES string of the molecule is O=C(N[C@@H]1CCc2[nH]ncc2C1)N1CCSC2(CCCCC2)C1. The predicted molar refractivity (Wildman–Crippen MR) is 92.8 cm³/mol. The Balaban J connectivity index is 1.35. The maximum absolute atomic E-state index is 12.7. The van der Waals surface area contributed by atoms with E-state index in [-0.39, 0.29) is 12.1 Å². The highest BCUT2D eigenvalue weighted by Crippen LogP contribution is 2.42. The molecule has 126 valence electrons. The molecular weight excluding hydrogens is 308 g/mol. The lowest BCUT2D eigenvalue weighted by Crippen LogP contribution is -2.54. The Morgan fingerprint density at radius 2 is 2.26 bits per heavy atom.